The highest BCUT2D eigenvalue weighted by Crippen LogP contribution is 2.36. The van der Waals surface area contributed by atoms with Gasteiger partial charge in [-0.1, -0.05) is 24.2 Å². The molecule has 216 valence electrons. The molecule has 1 aliphatic heterocycles. The molecule has 0 spiro atoms. The SMILES string of the molecule is Cc1noc(C)c1NC(=O)N(C)C[C@H]1Oc2c(NS(=O)(=O)c3cccs3)cccc2C(=O)N([C@H](C)CO)C[C@@H]1C. The Morgan fingerprint density at radius 2 is 2.05 bits per heavy atom. The Bertz CT molecular complexity index is 1450. The molecule has 2 aromatic heterocycles. The van der Waals surface area contributed by atoms with Crippen molar-refractivity contribution in [3.8, 4) is 5.75 Å². The molecule has 14 heteroatoms. The Labute approximate surface area is 237 Å². The molecule has 0 saturated carbocycles. The van der Waals surface area contributed by atoms with Crippen LogP contribution in [-0.2, 0) is 10.0 Å². The van der Waals surface area contributed by atoms with E-state index in [0.29, 0.717) is 17.1 Å². The number of anilines is 2. The maximum atomic E-state index is 13.6. The molecule has 0 bridgehead atoms. The largest absolute Gasteiger partial charge is 0.485 e. The molecular formula is C26H33N5O7S2. The molecule has 0 radical (unpaired) electrons. The number of carbonyl (C=O) groups excluding carboxylic acids is 2. The number of urea groups is 1. The van der Waals surface area contributed by atoms with Gasteiger partial charge in [0.15, 0.2) is 11.5 Å². The second kappa shape index (κ2) is 11.9. The Morgan fingerprint density at radius 1 is 1.30 bits per heavy atom. The zero-order valence-corrected chi connectivity index (χ0v) is 24.5. The summed E-state index contributed by atoms with van der Waals surface area (Å²) in [6.07, 6.45) is -0.645. The highest BCUT2D eigenvalue weighted by atomic mass is 32.2. The fraction of sp³-hybridized carbons (Fsp3) is 0.423. The van der Waals surface area contributed by atoms with Crippen LogP contribution in [0.3, 0.4) is 0 Å². The maximum absolute atomic E-state index is 13.6. The summed E-state index contributed by atoms with van der Waals surface area (Å²) in [4.78, 5) is 29.7. The van der Waals surface area contributed by atoms with Gasteiger partial charge in [-0.2, -0.15) is 0 Å². The van der Waals surface area contributed by atoms with E-state index in [2.05, 4.69) is 15.2 Å². The number of aliphatic hydroxyl groups is 1. The minimum absolute atomic E-state index is 0.0545. The van der Waals surface area contributed by atoms with Crippen LogP contribution < -0.4 is 14.8 Å². The first-order valence-corrected chi connectivity index (χ1v) is 15.0. The zero-order valence-electron chi connectivity index (χ0n) is 22.9. The molecule has 3 amide bonds. The Morgan fingerprint density at radius 3 is 2.67 bits per heavy atom. The Balaban J connectivity index is 1.69. The van der Waals surface area contributed by atoms with Gasteiger partial charge in [-0.05, 0) is 44.4 Å². The number of para-hydroxylation sites is 1. The molecule has 0 aliphatic carbocycles. The van der Waals surface area contributed by atoms with Crippen LogP contribution in [0.5, 0.6) is 5.75 Å². The number of nitrogens with zero attached hydrogens (tertiary/aromatic N) is 3. The minimum atomic E-state index is -3.95. The van der Waals surface area contributed by atoms with Crippen molar-refractivity contribution in [1.29, 1.82) is 0 Å². The highest BCUT2D eigenvalue weighted by molar-refractivity contribution is 7.94. The first kappa shape index (κ1) is 29.4. The summed E-state index contributed by atoms with van der Waals surface area (Å²) >= 11 is 1.06. The average Bonchev–Trinajstić information content (AvgIpc) is 3.57. The summed E-state index contributed by atoms with van der Waals surface area (Å²) in [5.74, 6) is -0.177. The second-order valence-electron chi connectivity index (χ2n) is 9.85. The van der Waals surface area contributed by atoms with Gasteiger partial charge >= 0.3 is 6.03 Å². The highest BCUT2D eigenvalue weighted by Gasteiger charge is 2.35. The predicted octanol–water partition coefficient (Wildman–Crippen LogP) is 3.54. The molecule has 40 heavy (non-hydrogen) atoms. The summed E-state index contributed by atoms with van der Waals surface area (Å²) in [6, 6.07) is 6.83. The number of rotatable bonds is 8. The number of aliphatic hydroxyl groups excluding tert-OH is 1. The number of likely N-dealkylation sites (N-methyl/N-ethyl adjacent to an activating group) is 1. The van der Waals surface area contributed by atoms with Gasteiger partial charge in [-0.3, -0.25) is 9.52 Å². The molecule has 3 N–H and O–H groups in total. The van der Waals surface area contributed by atoms with Crippen LogP contribution in [0.15, 0.2) is 44.4 Å². The first-order chi connectivity index (χ1) is 18.9. The summed E-state index contributed by atoms with van der Waals surface area (Å²) in [6.45, 7) is 7.11. The van der Waals surface area contributed by atoms with Crippen LogP contribution >= 0.6 is 11.3 Å². The maximum Gasteiger partial charge on any atom is 0.321 e. The van der Waals surface area contributed by atoms with Crippen molar-refractivity contribution >= 4 is 44.7 Å². The van der Waals surface area contributed by atoms with Crippen LogP contribution in [0.4, 0.5) is 16.2 Å². The molecule has 4 rings (SSSR count). The van der Waals surface area contributed by atoms with E-state index in [-0.39, 0.29) is 46.8 Å². The third-order valence-corrected chi connectivity index (χ3v) is 9.52. The molecule has 0 unspecified atom stereocenters. The van der Waals surface area contributed by atoms with E-state index in [9.17, 15) is 23.1 Å². The van der Waals surface area contributed by atoms with Gasteiger partial charge in [-0.15, -0.1) is 11.3 Å². The summed E-state index contributed by atoms with van der Waals surface area (Å²) in [7, 11) is -2.34. The zero-order chi connectivity index (χ0) is 29.2. The number of hydrogen-bond donors (Lipinski definition) is 3. The van der Waals surface area contributed by atoms with Crippen molar-refractivity contribution in [3.05, 3.63) is 52.7 Å². The molecule has 3 atom stereocenters. The molecular weight excluding hydrogens is 558 g/mol. The number of aromatic nitrogens is 1. The molecule has 1 aliphatic rings. The smallest absolute Gasteiger partial charge is 0.321 e. The molecule has 3 heterocycles. The van der Waals surface area contributed by atoms with Crippen molar-refractivity contribution in [2.75, 3.05) is 36.8 Å². The number of ether oxygens (including phenoxy) is 1. The lowest BCUT2D eigenvalue weighted by atomic mass is 9.99. The quantitative estimate of drug-likeness (QED) is 0.359. The van der Waals surface area contributed by atoms with Gasteiger partial charge in [0, 0.05) is 19.5 Å². The van der Waals surface area contributed by atoms with Crippen molar-refractivity contribution in [2.45, 2.75) is 44.0 Å². The van der Waals surface area contributed by atoms with Gasteiger partial charge in [0.1, 0.15) is 21.7 Å². The van der Waals surface area contributed by atoms with Crippen LogP contribution in [0.25, 0.3) is 0 Å². The van der Waals surface area contributed by atoms with E-state index in [0.717, 1.165) is 11.3 Å². The fourth-order valence-electron chi connectivity index (χ4n) is 4.37. The summed E-state index contributed by atoms with van der Waals surface area (Å²) in [5, 5.41) is 18.2. The van der Waals surface area contributed by atoms with E-state index in [1.165, 1.54) is 17.0 Å². The topological polar surface area (TPSA) is 154 Å². The van der Waals surface area contributed by atoms with Gasteiger partial charge in [-0.25, -0.2) is 13.2 Å². The number of hydrogen-bond acceptors (Lipinski definition) is 9. The molecule has 1 aromatic carbocycles. The monoisotopic (exact) mass is 591 g/mol. The van der Waals surface area contributed by atoms with Crippen LogP contribution in [0, 0.1) is 19.8 Å². The first-order valence-electron chi connectivity index (χ1n) is 12.7. The molecule has 0 fully saturated rings. The van der Waals surface area contributed by atoms with E-state index < -0.39 is 34.1 Å². The normalized spacial score (nSPS) is 18.2. The summed E-state index contributed by atoms with van der Waals surface area (Å²) < 4.78 is 40.3. The average molecular weight is 592 g/mol. The van der Waals surface area contributed by atoms with E-state index in [4.69, 9.17) is 9.26 Å². The van der Waals surface area contributed by atoms with Crippen molar-refractivity contribution in [2.24, 2.45) is 5.92 Å². The van der Waals surface area contributed by atoms with Crippen molar-refractivity contribution in [3.63, 3.8) is 0 Å². The van der Waals surface area contributed by atoms with E-state index >= 15 is 0 Å². The number of aryl methyl sites for hydroxylation is 2. The number of nitrogens with one attached hydrogen (secondary N) is 2. The second-order valence-corrected chi connectivity index (χ2v) is 12.7. The number of carbonyl (C=O) groups is 2. The lowest BCUT2D eigenvalue weighted by Gasteiger charge is -2.38. The fourth-order valence-corrected chi connectivity index (χ4v) is 6.43. The Kier molecular flexibility index (Phi) is 8.71. The summed E-state index contributed by atoms with van der Waals surface area (Å²) in [5.41, 5.74) is 1.26. The third kappa shape index (κ3) is 6.08. The number of thiophene rings is 1. The van der Waals surface area contributed by atoms with Crippen LogP contribution in [-0.4, -0.2) is 79.3 Å². The lowest BCUT2D eigenvalue weighted by molar-refractivity contribution is 0.0373. The van der Waals surface area contributed by atoms with Crippen LogP contribution in [0.2, 0.25) is 0 Å². The number of amides is 3. The predicted molar refractivity (Wildman–Crippen MR) is 150 cm³/mol. The molecule has 12 nitrogen and oxygen atoms in total. The molecule has 3 aromatic rings. The van der Waals surface area contributed by atoms with Gasteiger partial charge < -0.3 is 29.5 Å². The standard InChI is InChI=1S/C26H33N5O7S2/c1-15-12-31(16(2)14-32)25(33)19-8-6-9-20(29-40(35,36)22-10-7-11-39-22)24(19)37-21(15)13-30(5)26(34)27-23-17(3)28-38-18(23)4/h6-11,15-16,21,29,32H,12-14H2,1-5H3,(H,27,34)/t15-,16+,21+/m0/s1. The molecule has 0 saturated heterocycles. The van der Waals surface area contributed by atoms with Gasteiger partial charge in [0.2, 0.25) is 0 Å². The van der Waals surface area contributed by atoms with E-state index in [1.54, 1.807) is 56.3 Å². The van der Waals surface area contributed by atoms with E-state index in [1.807, 2.05) is 6.92 Å². The number of sulfonamides is 1. The van der Waals surface area contributed by atoms with Crippen LogP contribution in [0.1, 0.15) is 35.7 Å². The minimum Gasteiger partial charge on any atom is -0.485 e. The van der Waals surface area contributed by atoms with Crippen molar-refractivity contribution < 1.29 is 32.4 Å². The Hall–Kier alpha value is -3.62. The van der Waals surface area contributed by atoms with Gasteiger partial charge in [0.25, 0.3) is 15.9 Å². The number of benzene rings is 1. The van der Waals surface area contributed by atoms with Gasteiger partial charge in [0.05, 0.1) is 30.4 Å². The lowest BCUT2D eigenvalue weighted by Crippen LogP contribution is -2.50. The number of fused-ring (bicyclic) bond motifs is 1. The third-order valence-electron chi connectivity index (χ3n) is 6.76. The van der Waals surface area contributed by atoms with Crippen molar-refractivity contribution in [1.82, 2.24) is 15.0 Å².